The Morgan fingerprint density at radius 1 is 0.886 bits per heavy atom. The molecule has 0 bridgehead atoms. The monoisotopic (exact) mass is 470 g/mol. The summed E-state index contributed by atoms with van der Waals surface area (Å²) >= 11 is 0. The van der Waals surface area contributed by atoms with Crippen molar-refractivity contribution in [2.45, 2.75) is 32.7 Å². The molecular formula is C30H34N2O3. The van der Waals surface area contributed by atoms with Crippen molar-refractivity contribution in [3.8, 4) is 11.5 Å². The highest BCUT2D eigenvalue weighted by Crippen LogP contribution is 2.36. The lowest BCUT2D eigenvalue weighted by atomic mass is 9.88. The van der Waals surface area contributed by atoms with Gasteiger partial charge in [0, 0.05) is 42.5 Å². The van der Waals surface area contributed by atoms with Crippen molar-refractivity contribution in [2.24, 2.45) is 5.92 Å². The highest BCUT2D eigenvalue weighted by atomic mass is 16.5. The van der Waals surface area contributed by atoms with Gasteiger partial charge >= 0.3 is 0 Å². The van der Waals surface area contributed by atoms with Crippen LogP contribution in [0.3, 0.4) is 0 Å². The van der Waals surface area contributed by atoms with Gasteiger partial charge < -0.3 is 19.4 Å². The van der Waals surface area contributed by atoms with Crippen LogP contribution in [-0.4, -0.2) is 31.2 Å². The summed E-state index contributed by atoms with van der Waals surface area (Å²) in [5.41, 5.74) is 4.59. The maximum absolute atomic E-state index is 13.0. The van der Waals surface area contributed by atoms with E-state index in [0.29, 0.717) is 18.9 Å². The average Bonchev–Trinajstić information content (AvgIpc) is 3.24. The van der Waals surface area contributed by atoms with E-state index in [-0.39, 0.29) is 11.8 Å². The maximum Gasteiger partial charge on any atom is 0.220 e. The van der Waals surface area contributed by atoms with Crippen molar-refractivity contribution in [1.82, 2.24) is 9.88 Å². The average molecular weight is 471 g/mol. The molecule has 1 heterocycles. The Balaban J connectivity index is 1.73. The van der Waals surface area contributed by atoms with Crippen LogP contribution in [-0.2, 0) is 11.3 Å². The van der Waals surface area contributed by atoms with Crippen LogP contribution in [0.25, 0.3) is 10.9 Å². The third-order valence-corrected chi connectivity index (χ3v) is 6.32. The summed E-state index contributed by atoms with van der Waals surface area (Å²) in [6.07, 6.45) is 2.59. The molecule has 0 aliphatic carbocycles. The summed E-state index contributed by atoms with van der Waals surface area (Å²) in [7, 11) is 3.34. The van der Waals surface area contributed by atoms with Gasteiger partial charge in [0.1, 0.15) is 11.5 Å². The summed E-state index contributed by atoms with van der Waals surface area (Å²) in [5.74, 6) is 2.05. The summed E-state index contributed by atoms with van der Waals surface area (Å²) < 4.78 is 12.9. The van der Waals surface area contributed by atoms with Crippen LogP contribution >= 0.6 is 0 Å². The highest BCUT2D eigenvalue weighted by molar-refractivity contribution is 5.86. The molecule has 0 aliphatic heterocycles. The minimum atomic E-state index is -0.0740. The number of nitrogens with zero attached hydrogens (tertiary/aromatic N) is 1. The molecule has 1 unspecified atom stereocenters. The molecule has 0 spiro atoms. The molecule has 0 fully saturated rings. The zero-order valence-electron chi connectivity index (χ0n) is 21.0. The fraction of sp³-hybridized carbons (Fsp3) is 0.300. The highest BCUT2D eigenvalue weighted by Gasteiger charge is 2.23. The number of hydrogen-bond donors (Lipinski definition) is 1. The van der Waals surface area contributed by atoms with Crippen molar-refractivity contribution in [3.63, 3.8) is 0 Å². The molecule has 182 valence electrons. The predicted molar refractivity (Wildman–Crippen MR) is 141 cm³/mol. The summed E-state index contributed by atoms with van der Waals surface area (Å²) in [5, 5.41) is 4.26. The number of hydrogen-bond acceptors (Lipinski definition) is 3. The van der Waals surface area contributed by atoms with E-state index < -0.39 is 0 Å². The molecular weight excluding hydrogens is 436 g/mol. The van der Waals surface area contributed by atoms with Crippen molar-refractivity contribution in [1.29, 1.82) is 0 Å². The molecule has 0 saturated heterocycles. The van der Waals surface area contributed by atoms with E-state index >= 15 is 0 Å². The smallest absolute Gasteiger partial charge is 0.220 e. The van der Waals surface area contributed by atoms with Gasteiger partial charge in [-0.05, 0) is 52.9 Å². The van der Waals surface area contributed by atoms with E-state index in [2.05, 4.69) is 78.5 Å². The molecule has 0 aliphatic rings. The number of fused-ring (bicyclic) bond motifs is 1. The Hall–Kier alpha value is -3.73. The van der Waals surface area contributed by atoms with Gasteiger partial charge in [-0.1, -0.05) is 56.3 Å². The molecule has 1 aromatic heterocycles. The van der Waals surface area contributed by atoms with Crippen LogP contribution in [0.4, 0.5) is 0 Å². The lowest BCUT2D eigenvalue weighted by molar-refractivity contribution is -0.121. The van der Waals surface area contributed by atoms with Crippen LogP contribution in [0.1, 0.15) is 42.9 Å². The molecule has 5 nitrogen and oxygen atoms in total. The molecule has 35 heavy (non-hydrogen) atoms. The normalized spacial score (nSPS) is 12.0. The van der Waals surface area contributed by atoms with E-state index in [1.807, 2.05) is 24.3 Å². The third kappa shape index (κ3) is 5.86. The molecule has 4 aromatic rings. The topological polar surface area (TPSA) is 52.5 Å². The molecule has 5 heteroatoms. The van der Waals surface area contributed by atoms with Crippen molar-refractivity contribution < 1.29 is 14.3 Å². The van der Waals surface area contributed by atoms with E-state index in [4.69, 9.17) is 9.47 Å². The number of carbonyl (C=O) groups is 1. The number of ether oxygens (including phenoxy) is 2. The first-order chi connectivity index (χ1) is 17.0. The Morgan fingerprint density at radius 3 is 2.14 bits per heavy atom. The Labute approximate surface area is 207 Å². The number of para-hydroxylation sites is 1. The number of carbonyl (C=O) groups excluding carboxylic acids is 1. The van der Waals surface area contributed by atoms with Gasteiger partial charge in [0.05, 0.1) is 14.2 Å². The van der Waals surface area contributed by atoms with E-state index in [1.54, 1.807) is 14.2 Å². The van der Waals surface area contributed by atoms with Gasteiger partial charge in [0.15, 0.2) is 0 Å². The second-order valence-corrected chi connectivity index (χ2v) is 9.31. The zero-order chi connectivity index (χ0) is 24.8. The Kier molecular flexibility index (Phi) is 7.76. The largest absolute Gasteiger partial charge is 0.497 e. The standard InChI is InChI=1S/C30H34N2O3/c1-21(2)18-31-30(33)17-27(23-11-15-25(35-4)16-12-23)28-20-32(29-8-6-5-7-26(28)29)19-22-9-13-24(34-3)14-10-22/h5-16,20-21,27H,17-19H2,1-4H3,(H,31,33). The van der Waals surface area contributed by atoms with Gasteiger partial charge in [-0.3, -0.25) is 4.79 Å². The first-order valence-corrected chi connectivity index (χ1v) is 12.1. The van der Waals surface area contributed by atoms with Gasteiger partial charge in [-0.2, -0.15) is 0 Å². The number of nitrogens with one attached hydrogen (secondary N) is 1. The van der Waals surface area contributed by atoms with Gasteiger partial charge in [0.2, 0.25) is 5.91 Å². The molecule has 1 atom stereocenters. The lowest BCUT2D eigenvalue weighted by Gasteiger charge is -2.18. The number of benzene rings is 3. The van der Waals surface area contributed by atoms with Gasteiger partial charge in [-0.25, -0.2) is 0 Å². The quantitative estimate of drug-likeness (QED) is 0.309. The zero-order valence-corrected chi connectivity index (χ0v) is 21.0. The predicted octanol–water partition coefficient (Wildman–Crippen LogP) is 6.00. The van der Waals surface area contributed by atoms with Crippen LogP contribution in [0.2, 0.25) is 0 Å². The Morgan fingerprint density at radius 2 is 1.51 bits per heavy atom. The second kappa shape index (κ2) is 11.1. The summed E-state index contributed by atoms with van der Waals surface area (Å²) in [6.45, 7) is 5.62. The molecule has 0 radical (unpaired) electrons. The molecule has 1 N–H and O–H groups in total. The number of amides is 1. The number of rotatable bonds is 10. The van der Waals surface area contributed by atoms with Gasteiger partial charge in [0.25, 0.3) is 0 Å². The van der Waals surface area contributed by atoms with Crippen LogP contribution < -0.4 is 14.8 Å². The molecule has 3 aromatic carbocycles. The summed E-state index contributed by atoms with van der Waals surface area (Å²) in [6, 6.07) is 24.6. The lowest BCUT2D eigenvalue weighted by Crippen LogP contribution is -2.28. The molecule has 0 saturated carbocycles. The van der Waals surface area contributed by atoms with Crippen molar-refractivity contribution in [3.05, 3.63) is 95.7 Å². The van der Waals surface area contributed by atoms with E-state index in [9.17, 15) is 4.79 Å². The van der Waals surface area contributed by atoms with Crippen LogP contribution in [0, 0.1) is 5.92 Å². The van der Waals surface area contributed by atoms with Crippen LogP contribution in [0.5, 0.6) is 11.5 Å². The number of methoxy groups -OCH3 is 2. The minimum absolute atomic E-state index is 0.0616. The summed E-state index contributed by atoms with van der Waals surface area (Å²) in [4.78, 5) is 13.0. The fourth-order valence-corrected chi connectivity index (χ4v) is 4.43. The van der Waals surface area contributed by atoms with E-state index in [0.717, 1.165) is 34.7 Å². The Bertz CT molecular complexity index is 1260. The first-order valence-electron chi connectivity index (χ1n) is 12.1. The first kappa shape index (κ1) is 24.4. The minimum Gasteiger partial charge on any atom is -0.497 e. The maximum atomic E-state index is 13.0. The fourth-order valence-electron chi connectivity index (χ4n) is 4.43. The van der Waals surface area contributed by atoms with E-state index in [1.165, 1.54) is 10.9 Å². The molecule has 1 amide bonds. The third-order valence-electron chi connectivity index (χ3n) is 6.32. The SMILES string of the molecule is COc1ccc(Cn2cc(C(CC(=O)NCC(C)C)c3ccc(OC)cc3)c3ccccc32)cc1. The molecule has 4 rings (SSSR count). The van der Waals surface area contributed by atoms with Crippen molar-refractivity contribution in [2.75, 3.05) is 20.8 Å². The van der Waals surface area contributed by atoms with Crippen LogP contribution in [0.15, 0.2) is 79.0 Å². The van der Waals surface area contributed by atoms with Gasteiger partial charge in [-0.15, -0.1) is 0 Å². The second-order valence-electron chi connectivity index (χ2n) is 9.31. The number of aromatic nitrogens is 1. The van der Waals surface area contributed by atoms with Crippen molar-refractivity contribution >= 4 is 16.8 Å².